The van der Waals surface area contributed by atoms with E-state index in [1.165, 1.54) is 19.3 Å². The molecule has 0 radical (unpaired) electrons. The minimum atomic E-state index is 0.126. The van der Waals surface area contributed by atoms with Gasteiger partial charge in [-0.3, -0.25) is 0 Å². The van der Waals surface area contributed by atoms with Crippen molar-refractivity contribution in [3.8, 4) is 5.75 Å². The second-order valence-corrected chi connectivity index (χ2v) is 3.72. The van der Waals surface area contributed by atoms with E-state index in [-0.39, 0.29) is 5.60 Å². The quantitative estimate of drug-likeness (QED) is 0.649. The second kappa shape index (κ2) is 2.81. The van der Waals surface area contributed by atoms with E-state index < -0.39 is 0 Å². The van der Waals surface area contributed by atoms with Gasteiger partial charge in [-0.2, -0.15) is 0 Å². The molecule has 12 heavy (non-hydrogen) atoms. The molecule has 0 saturated heterocycles. The molecule has 64 valence electrons. The van der Waals surface area contributed by atoms with Crippen molar-refractivity contribution < 1.29 is 4.74 Å². The molecule has 1 aromatic rings. The Balaban J connectivity index is 2.04. The fraction of sp³-hybridized carbons (Fsp3) is 0.455. The summed E-state index contributed by atoms with van der Waals surface area (Å²) < 4.78 is 5.84. The summed E-state index contributed by atoms with van der Waals surface area (Å²) >= 11 is 0. The van der Waals surface area contributed by atoms with Gasteiger partial charge in [-0.25, -0.2) is 0 Å². The SMILES string of the molecule is CC1(Oc2ccccc2)CCC1. The van der Waals surface area contributed by atoms with Crippen LogP contribution in [-0.2, 0) is 0 Å². The predicted molar refractivity (Wildman–Crippen MR) is 49.3 cm³/mol. The second-order valence-electron chi connectivity index (χ2n) is 3.72. The predicted octanol–water partition coefficient (Wildman–Crippen LogP) is 3.01. The molecule has 1 heteroatoms. The van der Waals surface area contributed by atoms with E-state index in [0.717, 1.165) is 5.75 Å². The number of rotatable bonds is 2. The van der Waals surface area contributed by atoms with Gasteiger partial charge in [0.1, 0.15) is 11.4 Å². The molecule has 1 nitrogen and oxygen atoms in total. The standard InChI is InChI=1S/C11H14O/c1-11(8-5-9-11)12-10-6-3-2-4-7-10/h2-4,6-7H,5,8-9H2,1H3. The number of hydrogen-bond donors (Lipinski definition) is 0. The Bertz CT molecular complexity index is 249. The summed E-state index contributed by atoms with van der Waals surface area (Å²) in [4.78, 5) is 0. The molecule has 0 atom stereocenters. The molecule has 0 bridgehead atoms. The lowest BCUT2D eigenvalue weighted by Crippen LogP contribution is -2.39. The Morgan fingerprint density at radius 2 is 1.83 bits per heavy atom. The van der Waals surface area contributed by atoms with Crippen LogP contribution in [0.3, 0.4) is 0 Å². The van der Waals surface area contributed by atoms with Gasteiger partial charge in [0.2, 0.25) is 0 Å². The maximum Gasteiger partial charge on any atom is 0.120 e. The maximum atomic E-state index is 5.84. The van der Waals surface area contributed by atoms with Crippen molar-refractivity contribution in [1.82, 2.24) is 0 Å². The average Bonchev–Trinajstić information content (AvgIpc) is 2.04. The largest absolute Gasteiger partial charge is 0.488 e. The number of benzene rings is 1. The van der Waals surface area contributed by atoms with Gasteiger partial charge in [-0.05, 0) is 38.3 Å². The monoisotopic (exact) mass is 162 g/mol. The van der Waals surface area contributed by atoms with Crippen LogP contribution in [0.1, 0.15) is 26.2 Å². The third-order valence-electron chi connectivity index (χ3n) is 2.52. The van der Waals surface area contributed by atoms with Gasteiger partial charge in [-0.1, -0.05) is 18.2 Å². The Kier molecular flexibility index (Phi) is 1.80. The van der Waals surface area contributed by atoms with Crippen molar-refractivity contribution >= 4 is 0 Å². The lowest BCUT2D eigenvalue weighted by molar-refractivity contribution is 0.0113. The molecule has 1 saturated carbocycles. The van der Waals surface area contributed by atoms with E-state index in [9.17, 15) is 0 Å². The van der Waals surface area contributed by atoms with Crippen LogP contribution in [0.15, 0.2) is 30.3 Å². The molecule has 1 aliphatic carbocycles. The summed E-state index contributed by atoms with van der Waals surface area (Å²) in [5, 5.41) is 0. The van der Waals surface area contributed by atoms with Crippen molar-refractivity contribution in [2.75, 3.05) is 0 Å². The van der Waals surface area contributed by atoms with E-state index >= 15 is 0 Å². The summed E-state index contributed by atoms with van der Waals surface area (Å²) in [5.41, 5.74) is 0.126. The summed E-state index contributed by atoms with van der Waals surface area (Å²) in [5.74, 6) is 1.000. The topological polar surface area (TPSA) is 9.23 Å². The minimum Gasteiger partial charge on any atom is -0.488 e. The smallest absolute Gasteiger partial charge is 0.120 e. The van der Waals surface area contributed by atoms with E-state index in [2.05, 4.69) is 6.92 Å². The molecule has 0 aliphatic heterocycles. The van der Waals surface area contributed by atoms with Crippen molar-refractivity contribution in [3.63, 3.8) is 0 Å². The Labute approximate surface area is 73.4 Å². The van der Waals surface area contributed by atoms with Crippen molar-refractivity contribution in [1.29, 1.82) is 0 Å². The molecule has 1 aromatic carbocycles. The summed E-state index contributed by atoms with van der Waals surface area (Å²) in [7, 11) is 0. The number of para-hydroxylation sites is 1. The molecule has 0 aromatic heterocycles. The first-order valence-corrected chi connectivity index (χ1v) is 4.53. The van der Waals surface area contributed by atoms with Crippen molar-refractivity contribution in [3.05, 3.63) is 30.3 Å². The van der Waals surface area contributed by atoms with Crippen LogP contribution in [0.5, 0.6) is 5.75 Å². The average molecular weight is 162 g/mol. The van der Waals surface area contributed by atoms with Crippen LogP contribution in [0.4, 0.5) is 0 Å². The zero-order valence-corrected chi connectivity index (χ0v) is 7.42. The van der Waals surface area contributed by atoms with E-state index in [4.69, 9.17) is 4.74 Å². The van der Waals surface area contributed by atoms with Crippen LogP contribution in [0.25, 0.3) is 0 Å². The van der Waals surface area contributed by atoms with Gasteiger partial charge in [-0.15, -0.1) is 0 Å². The van der Waals surface area contributed by atoms with E-state index in [0.29, 0.717) is 0 Å². The van der Waals surface area contributed by atoms with Gasteiger partial charge in [0.25, 0.3) is 0 Å². The molecular weight excluding hydrogens is 148 g/mol. The Morgan fingerprint density at radius 3 is 2.33 bits per heavy atom. The fourth-order valence-corrected chi connectivity index (χ4v) is 1.55. The normalized spacial score (nSPS) is 19.8. The van der Waals surface area contributed by atoms with Crippen LogP contribution in [0.2, 0.25) is 0 Å². The van der Waals surface area contributed by atoms with Crippen LogP contribution < -0.4 is 4.74 Å². The molecule has 0 amide bonds. The third-order valence-corrected chi connectivity index (χ3v) is 2.52. The molecule has 0 heterocycles. The van der Waals surface area contributed by atoms with E-state index in [1.54, 1.807) is 0 Å². The first-order chi connectivity index (χ1) is 5.79. The first kappa shape index (κ1) is 7.66. The molecule has 2 rings (SSSR count). The molecule has 0 spiro atoms. The van der Waals surface area contributed by atoms with Gasteiger partial charge in [0.15, 0.2) is 0 Å². The lowest BCUT2D eigenvalue weighted by atomic mass is 9.82. The first-order valence-electron chi connectivity index (χ1n) is 4.53. The van der Waals surface area contributed by atoms with Crippen LogP contribution in [-0.4, -0.2) is 5.60 Å². The fourth-order valence-electron chi connectivity index (χ4n) is 1.55. The minimum absolute atomic E-state index is 0.126. The van der Waals surface area contributed by atoms with Gasteiger partial charge in [0, 0.05) is 0 Å². The highest BCUT2D eigenvalue weighted by Crippen LogP contribution is 2.35. The van der Waals surface area contributed by atoms with Crippen molar-refractivity contribution in [2.45, 2.75) is 31.8 Å². The third kappa shape index (κ3) is 1.45. The lowest BCUT2D eigenvalue weighted by Gasteiger charge is -2.38. The van der Waals surface area contributed by atoms with Crippen LogP contribution >= 0.6 is 0 Å². The Morgan fingerprint density at radius 1 is 1.17 bits per heavy atom. The van der Waals surface area contributed by atoms with Crippen molar-refractivity contribution in [2.24, 2.45) is 0 Å². The zero-order chi connectivity index (χ0) is 8.44. The van der Waals surface area contributed by atoms with Crippen LogP contribution in [0, 0.1) is 0 Å². The maximum absolute atomic E-state index is 5.84. The summed E-state index contributed by atoms with van der Waals surface area (Å²) in [6.07, 6.45) is 3.70. The summed E-state index contributed by atoms with van der Waals surface area (Å²) in [6, 6.07) is 10.1. The molecular formula is C11H14O. The van der Waals surface area contributed by atoms with Gasteiger partial charge < -0.3 is 4.74 Å². The Hall–Kier alpha value is -0.980. The molecule has 0 N–H and O–H groups in total. The number of ether oxygens (including phenoxy) is 1. The highest BCUT2D eigenvalue weighted by Gasteiger charge is 2.33. The highest BCUT2D eigenvalue weighted by atomic mass is 16.5. The van der Waals surface area contributed by atoms with Gasteiger partial charge in [0.05, 0.1) is 0 Å². The van der Waals surface area contributed by atoms with Gasteiger partial charge >= 0.3 is 0 Å². The van der Waals surface area contributed by atoms with E-state index in [1.807, 2.05) is 30.3 Å². The molecule has 0 unspecified atom stereocenters. The number of hydrogen-bond acceptors (Lipinski definition) is 1. The molecule has 1 aliphatic rings. The molecule has 1 fully saturated rings. The zero-order valence-electron chi connectivity index (χ0n) is 7.42. The summed E-state index contributed by atoms with van der Waals surface area (Å²) in [6.45, 7) is 2.18. The highest BCUT2D eigenvalue weighted by molar-refractivity contribution is 5.22.